The van der Waals surface area contributed by atoms with E-state index in [4.69, 9.17) is 9.47 Å². The van der Waals surface area contributed by atoms with Crippen LogP contribution < -0.4 is 5.32 Å². The van der Waals surface area contributed by atoms with E-state index >= 15 is 0 Å². The number of benzene rings is 3. The van der Waals surface area contributed by atoms with Gasteiger partial charge in [-0.05, 0) is 31.5 Å². The van der Waals surface area contributed by atoms with Gasteiger partial charge in [0, 0.05) is 23.5 Å². The maximum Gasteiger partial charge on any atom is 0.344 e. The van der Waals surface area contributed by atoms with Crippen LogP contribution in [0.4, 0.5) is 0 Å². The first kappa shape index (κ1) is 26.3. The van der Waals surface area contributed by atoms with Gasteiger partial charge in [0.1, 0.15) is 0 Å². The molecule has 3 aromatic carbocycles. The van der Waals surface area contributed by atoms with Crippen LogP contribution >= 0.6 is 0 Å². The van der Waals surface area contributed by atoms with Crippen molar-refractivity contribution in [3.63, 3.8) is 0 Å². The molecule has 1 N–H and O–H groups in total. The first-order valence-electron chi connectivity index (χ1n) is 11.8. The minimum absolute atomic E-state index is 0.0463. The molecule has 0 aliphatic carbocycles. The number of ketones is 1. The number of rotatable bonds is 11. The highest BCUT2D eigenvalue weighted by atomic mass is 16.6. The second-order valence-electron chi connectivity index (χ2n) is 8.03. The quantitative estimate of drug-likeness (QED) is 0.245. The molecule has 7 heteroatoms. The van der Waals surface area contributed by atoms with Crippen molar-refractivity contribution in [3.8, 4) is 0 Å². The summed E-state index contributed by atoms with van der Waals surface area (Å²) in [4.78, 5) is 54.0. The van der Waals surface area contributed by atoms with Gasteiger partial charge in [0.2, 0.25) is 5.54 Å². The van der Waals surface area contributed by atoms with Gasteiger partial charge < -0.3 is 14.8 Å². The SMILES string of the molecule is CCOC(=O)C(NC(=O)c1ccccc1)(C(=O)OCC)C(CC(=O)c1ccccc1)c1ccccc1. The molecule has 0 radical (unpaired) electrons. The lowest BCUT2D eigenvalue weighted by molar-refractivity contribution is -0.167. The first-order chi connectivity index (χ1) is 17.4. The molecule has 0 aromatic heterocycles. The molecule has 186 valence electrons. The largest absolute Gasteiger partial charge is 0.464 e. The number of Topliss-reactive ketones (excluding diaryl/α,β-unsaturated/α-hetero) is 1. The van der Waals surface area contributed by atoms with Crippen LogP contribution in [0.2, 0.25) is 0 Å². The van der Waals surface area contributed by atoms with Crippen molar-refractivity contribution >= 4 is 23.6 Å². The van der Waals surface area contributed by atoms with Crippen molar-refractivity contribution in [1.29, 1.82) is 0 Å². The Morgan fingerprint density at radius 3 is 1.61 bits per heavy atom. The average molecular weight is 488 g/mol. The highest BCUT2D eigenvalue weighted by Crippen LogP contribution is 2.36. The molecular formula is C29H29NO6. The summed E-state index contributed by atoms with van der Waals surface area (Å²) < 4.78 is 10.7. The van der Waals surface area contributed by atoms with E-state index in [0.29, 0.717) is 11.1 Å². The van der Waals surface area contributed by atoms with Gasteiger partial charge in [0.25, 0.3) is 5.91 Å². The summed E-state index contributed by atoms with van der Waals surface area (Å²) in [5, 5.41) is 2.63. The number of carbonyl (C=O) groups excluding carboxylic acids is 4. The molecule has 1 atom stereocenters. The topological polar surface area (TPSA) is 98.8 Å². The number of hydrogen-bond acceptors (Lipinski definition) is 6. The number of ether oxygens (including phenoxy) is 2. The predicted octanol–water partition coefficient (Wildman–Crippen LogP) is 4.34. The van der Waals surface area contributed by atoms with Crippen LogP contribution in [-0.2, 0) is 19.1 Å². The molecule has 0 heterocycles. The van der Waals surface area contributed by atoms with E-state index in [9.17, 15) is 19.2 Å². The zero-order valence-corrected chi connectivity index (χ0v) is 20.3. The number of carbonyl (C=O) groups is 4. The van der Waals surface area contributed by atoms with Gasteiger partial charge in [-0.15, -0.1) is 0 Å². The fourth-order valence-corrected chi connectivity index (χ4v) is 4.02. The van der Waals surface area contributed by atoms with E-state index in [1.54, 1.807) is 105 Å². The van der Waals surface area contributed by atoms with Crippen LogP contribution in [0, 0.1) is 0 Å². The third-order valence-electron chi connectivity index (χ3n) is 5.75. The summed E-state index contributed by atoms with van der Waals surface area (Å²) in [6, 6.07) is 25.4. The van der Waals surface area contributed by atoms with Crippen molar-refractivity contribution < 1.29 is 28.7 Å². The molecule has 1 unspecified atom stereocenters. The third kappa shape index (κ3) is 5.86. The zero-order chi connectivity index (χ0) is 26.0. The molecule has 7 nitrogen and oxygen atoms in total. The maximum atomic E-state index is 13.6. The number of amides is 1. The van der Waals surface area contributed by atoms with Crippen molar-refractivity contribution in [2.75, 3.05) is 13.2 Å². The summed E-state index contributed by atoms with van der Waals surface area (Å²) >= 11 is 0. The normalized spacial score (nSPS) is 11.7. The van der Waals surface area contributed by atoms with E-state index < -0.39 is 29.3 Å². The Morgan fingerprint density at radius 1 is 0.694 bits per heavy atom. The summed E-state index contributed by atoms with van der Waals surface area (Å²) in [6.45, 7) is 3.10. The van der Waals surface area contributed by atoms with Crippen LogP contribution in [-0.4, -0.2) is 42.4 Å². The Morgan fingerprint density at radius 2 is 1.14 bits per heavy atom. The highest BCUT2D eigenvalue weighted by Gasteiger charge is 2.57. The summed E-state index contributed by atoms with van der Waals surface area (Å²) in [6.07, 6.45) is -0.263. The molecule has 3 rings (SSSR count). The van der Waals surface area contributed by atoms with Gasteiger partial charge in [-0.1, -0.05) is 78.9 Å². The van der Waals surface area contributed by atoms with E-state index in [0.717, 1.165) is 0 Å². The molecule has 0 saturated heterocycles. The lowest BCUT2D eigenvalue weighted by Gasteiger charge is -2.37. The molecule has 36 heavy (non-hydrogen) atoms. The highest BCUT2D eigenvalue weighted by molar-refractivity contribution is 6.12. The molecule has 0 saturated carbocycles. The van der Waals surface area contributed by atoms with Gasteiger partial charge in [-0.25, -0.2) is 9.59 Å². The predicted molar refractivity (Wildman–Crippen MR) is 134 cm³/mol. The molecule has 0 aliphatic rings. The van der Waals surface area contributed by atoms with Crippen molar-refractivity contribution in [1.82, 2.24) is 5.32 Å². The molecule has 3 aromatic rings. The van der Waals surface area contributed by atoms with Crippen LogP contribution in [0.1, 0.15) is 52.5 Å². The Balaban J connectivity index is 2.21. The number of esters is 2. The molecule has 0 bridgehead atoms. The van der Waals surface area contributed by atoms with Gasteiger partial charge in [-0.3, -0.25) is 9.59 Å². The summed E-state index contributed by atoms with van der Waals surface area (Å²) in [7, 11) is 0. The minimum Gasteiger partial charge on any atom is -0.464 e. The van der Waals surface area contributed by atoms with E-state index in [1.165, 1.54) is 0 Å². The minimum atomic E-state index is -2.31. The van der Waals surface area contributed by atoms with E-state index in [-0.39, 0.29) is 31.0 Å². The van der Waals surface area contributed by atoms with Gasteiger partial charge in [-0.2, -0.15) is 0 Å². The molecule has 0 aliphatic heterocycles. The van der Waals surface area contributed by atoms with Crippen LogP contribution in [0.5, 0.6) is 0 Å². The van der Waals surface area contributed by atoms with Crippen LogP contribution in [0.3, 0.4) is 0 Å². The molecule has 0 fully saturated rings. The fraction of sp³-hybridized carbons (Fsp3) is 0.241. The van der Waals surface area contributed by atoms with Crippen LogP contribution in [0.25, 0.3) is 0 Å². The summed E-state index contributed by atoms with van der Waals surface area (Å²) in [5.74, 6) is -4.09. The van der Waals surface area contributed by atoms with Crippen molar-refractivity contribution in [2.24, 2.45) is 0 Å². The van der Waals surface area contributed by atoms with E-state index in [1.807, 2.05) is 0 Å². The summed E-state index contributed by atoms with van der Waals surface area (Å²) in [5.41, 5.74) is -1.17. The Hall–Kier alpha value is -4.26. The van der Waals surface area contributed by atoms with Crippen LogP contribution in [0.15, 0.2) is 91.0 Å². The van der Waals surface area contributed by atoms with E-state index in [2.05, 4.69) is 5.32 Å². The second-order valence-corrected chi connectivity index (χ2v) is 8.03. The Labute approximate surface area is 210 Å². The zero-order valence-electron chi connectivity index (χ0n) is 20.3. The molecular weight excluding hydrogens is 458 g/mol. The van der Waals surface area contributed by atoms with Gasteiger partial charge >= 0.3 is 11.9 Å². The third-order valence-corrected chi connectivity index (χ3v) is 5.75. The smallest absolute Gasteiger partial charge is 0.344 e. The van der Waals surface area contributed by atoms with Gasteiger partial charge in [0.15, 0.2) is 5.78 Å². The standard InChI is InChI=1S/C29H29NO6/c1-3-35-27(33)29(28(34)36-4-2,30-26(32)23-18-12-7-13-19-23)24(21-14-8-5-9-15-21)20-25(31)22-16-10-6-11-17-22/h5-19,24H,3-4,20H2,1-2H3,(H,30,32). The number of nitrogens with one attached hydrogen (secondary N) is 1. The lowest BCUT2D eigenvalue weighted by Crippen LogP contribution is -2.65. The van der Waals surface area contributed by atoms with Crippen molar-refractivity contribution in [2.45, 2.75) is 31.7 Å². The van der Waals surface area contributed by atoms with Crippen molar-refractivity contribution in [3.05, 3.63) is 108 Å². The number of hydrogen-bond donors (Lipinski definition) is 1. The fourth-order valence-electron chi connectivity index (χ4n) is 4.02. The molecule has 1 amide bonds. The monoisotopic (exact) mass is 487 g/mol. The lowest BCUT2D eigenvalue weighted by atomic mass is 9.75. The Kier molecular flexibility index (Phi) is 9.11. The first-order valence-corrected chi connectivity index (χ1v) is 11.8. The second kappa shape index (κ2) is 12.4. The molecule has 0 spiro atoms. The average Bonchev–Trinajstić information content (AvgIpc) is 2.92. The maximum absolute atomic E-state index is 13.6. The van der Waals surface area contributed by atoms with Gasteiger partial charge in [0.05, 0.1) is 13.2 Å². The Bertz CT molecular complexity index is 1160.